The van der Waals surface area contributed by atoms with E-state index in [-0.39, 0.29) is 36.2 Å². The topological polar surface area (TPSA) is 106 Å². The van der Waals surface area contributed by atoms with E-state index in [1.54, 1.807) is 26.0 Å². The van der Waals surface area contributed by atoms with Crippen LogP contribution in [0.2, 0.25) is 0 Å². The summed E-state index contributed by atoms with van der Waals surface area (Å²) in [5.74, 6) is -3.41. The molecule has 7 heteroatoms. The Morgan fingerprint density at radius 1 is 1.24 bits per heavy atom. The Morgan fingerprint density at radius 2 is 1.92 bits per heavy atom. The van der Waals surface area contributed by atoms with Crippen molar-refractivity contribution in [3.05, 3.63) is 41.2 Å². The van der Waals surface area contributed by atoms with Crippen LogP contribution in [0.15, 0.2) is 35.6 Å². The van der Waals surface area contributed by atoms with Crippen molar-refractivity contribution in [1.29, 1.82) is 5.41 Å². The molecule has 7 nitrogen and oxygen atoms in total. The number of carbonyl (C=O) groups excluding carboxylic acids is 2. The first-order valence-electron chi connectivity index (χ1n) is 8.00. The lowest BCUT2D eigenvalue weighted by atomic mass is 9.78. The highest BCUT2D eigenvalue weighted by Gasteiger charge is 2.45. The van der Waals surface area contributed by atoms with E-state index in [9.17, 15) is 14.7 Å². The Kier molecular flexibility index (Phi) is 5.80. The van der Waals surface area contributed by atoms with E-state index in [1.165, 1.54) is 19.1 Å². The third-order valence-electron chi connectivity index (χ3n) is 3.83. The Balaban J connectivity index is 2.61. The average molecular weight is 347 g/mol. The number of benzene rings is 1. The smallest absolute Gasteiger partial charge is 0.338 e. The lowest BCUT2D eigenvalue weighted by Crippen LogP contribution is -2.39. The fourth-order valence-electron chi connectivity index (χ4n) is 2.85. The minimum absolute atomic E-state index is 0.0148. The van der Waals surface area contributed by atoms with Gasteiger partial charge >= 0.3 is 11.9 Å². The Hall–Kier alpha value is -2.83. The minimum atomic E-state index is -1.13. The first-order chi connectivity index (χ1) is 11.9. The minimum Gasteiger partial charge on any atom is -0.508 e. The van der Waals surface area contributed by atoms with Gasteiger partial charge < -0.3 is 19.3 Å². The van der Waals surface area contributed by atoms with E-state index in [0.29, 0.717) is 5.56 Å². The van der Waals surface area contributed by atoms with Crippen molar-refractivity contribution in [1.82, 2.24) is 0 Å². The fraction of sp³-hybridized carbons (Fsp3) is 0.389. The molecule has 0 saturated heterocycles. The zero-order valence-electron chi connectivity index (χ0n) is 14.4. The monoisotopic (exact) mass is 347 g/mol. The van der Waals surface area contributed by atoms with E-state index < -0.39 is 23.8 Å². The van der Waals surface area contributed by atoms with Gasteiger partial charge in [0, 0.05) is 5.92 Å². The van der Waals surface area contributed by atoms with Crippen LogP contribution in [0, 0.1) is 11.3 Å². The lowest BCUT2D eigenvalue weighted by molar-refractivity contribution is -0.147. The molecule has 0 spiro atoms. The van der Waals surface area contributed by atoms with Crippen LogP contribution in [0.5, 0.6) is 5.75 Å². The zero-order chi connectivity index (χ0) is 18.6. The number of phenolic OH excluding ortho intramolecular Hbond substituents is 1. The molecular formula is C18H21NO6. The number of hydrogen-bond acceptors (Lipinski definition) is 7. The third-order valence-corrected chi connectivity index (χ3v) is 3.83. The van der Waals surface area contributed by atoms with Crippen LogP contribution in [0.4, 0.5) is 0 Å². The molecule has 1 aliphatic heterocycles. The fourth-order valence-corrected chi connectivity index (χ4v) is 2.85. The van der Waals surface area contributed by atoms with Crippen molar-refractivity contribution >= 4 is 17.8 Å². The number of phenols is 1. The maximum absolute atomic E-state index is 12.5. The van der Waals surface area contributed by atoms with Crippen LogP contribution in [-0.2, 0) is 23.8 Å². The number of carbonyl (C=O) groups is 2. The Labute approximate surface area is 145 Å². The van der Waals surface area contributed by atoms with Gasteiger partial charge in [0.15, 0.2) is 0 Å². The number of hydrogen-bond donors (Lipinski definition) is 2. The number of esters is 2. The van der Waals surface area contributed by atoms with Gasteiger partial charge in [-0.1, -0.05) is 12.1 Å². The molecule has 1 heterocycles. The SMILES string of the molecule is CCOC(=O)C1=C(C)OC(=N)C(C(=O)OCC)C1c1cccc(O)c1. The number of allylic oxidation sites excluding steroid dienone is 1. The Bertz CT molecular complexity index is 724. The van der Waals surface area contributed by atoms with Crippen molar-refractivity contribution in [3.63, 3.8) is 0 Å². The number of ether oxygens (including phenoxy) is 3. The summed E-state index contributed by atoms with van der Waals surface area (Å²) >= 11 is 0. The first-order valence-corrected chi connectivity index (χ1v) is 8.00. The van der Waals surface area contributed by atoms with E-state index >= 15 is 0 Å². The van der Waals surface area contributed by atoms with E-state index in [4.69, 9.17) is 19.6 Å². The van der Waals surface area contributed by atoms with E-state index in [0.717, 1.165) is 0 Å². The predicted octanol–water partition coefficient (Wildman–Crippen LogP) is 2.50. The average Bonchev–Trinajstić information content (AvgIpc) is 2.54. The second kappa shape index (κ2) is 7.83. The Morgan fingerprint density at radius 3 is 2.52 bits per heavy atom. The van der Waals surface area contributed by atoms with E-state index in [1.807, 2.05) is 0 Å². The normalized spacial score (nSPS) is 20.0. The molecule has 0 amide bonds. The zero-order valence-corrected chi connectivity index (χ0v) is 14.4. The molecule has 1 aliphatic rings. The molecule has 0 aromatic heterocycles. The van der Waals surface area contributed by atoms with Gasteiger partial charge in [-0.2, -0.15) is 0 Å². The number of rotatable bonds is 5. The molecule has 0 saturated carbocycles. The van der Waals surface area contributed by atoms with Crippen LogP contribution in [-0.4, -0.2) is 36.2 Å². The van der Waals surface area contributed by atoms with Crippen molar-refractivity contribution in [2.75, 3.05) is 13.2 Å². The molecule has 0 bridgehead atoms. The summed E-state index contributed by atoms with van der Waals surface area (Å²) < 4.78 is 15.5. The lowest BCUT2D eigenvalue weighted by Gasteiger charge is -2.32. The van der Waals surface area contributed by atoms with Crippen LogP contribution in [0.25, 0.3) is 0 Å². The third kappa shape index (κ3) is 3.81. The molecule has 1 aromatic rings. The van der Waals surface area contributed by atoms with Crippen LogP contribution < -0.4 is 0 Å². The molecule has 2 N–H and O–H groups in total. The number of nitrogens with one attached hydrogen (secondary N) is 1. The van der Waals surface area contributed by atoms with Crippen molar-refractivity contribution in [2.45, 2.75) is 26.7 Å². The predicted molar refractivity (Wildman–Crippen MR) is 89.1 cm³/mol. The van der Waals surface area contributed by atoms with Gasteiger partial charge in [0.1, 0.15) is 17.4 Å². The van der Waals surface area contributed by atoms with Gasteiger partial charge in [0.25, 0.3) is 0 Å². The highest BCUT2D eigenvalue weighted by molar-refractivity contribution is 6.03. The van der Waals surface area contributed by atoms with Gasteiger partial charge in [-0.05, 0) is 38.5 Å². The summed E-state index contributed by atoms with van der Waals surface area (Å²) in [7, 11) is 0. The first kappa shape index (κ1) is 18.5. The van der Waals surface area contributed by atoms with Crippen molar-refractivity contribution < 1.29 is 28.9 Å². The summed E-state index contributed by atoms with van der Waals surface area (Å²) in [6.07, 6.45) is 0. The number of aromatic hydroxyl groups is 1. The summed E-state index contributed by atoms with van der Waals surface area (Å²) in [6, 6.07) is 6.20. The molecule has 2 atom stereocenters. The van der Waals surface area contributed by atoms with Gasteiger partial charge in [-0.3, -0.25) is 10.2 Å². The molecule has 0 radical (unpaired) electrons. The summed E-state index contributed by atoms with van der Waals surface area (Å²) in [5, 5.41) is 17.9. The highest BCUT2D eigenvalue weighted by Crippen LogP contribution is 2.41. The van der Waals surface area contributed by atoms with Gasteiger partial charge in [0.2, 0.25) is 5.90 Å². The molecule has 134 valence electrons. The van der Waals surface area contributed by atoms with Crippen molar-refractivity contribution in [2.24, 2.45) is 5.92 Å². The molecule has 0 fully saturated rings. The molecule has 0 aliphatic carbocycles. The molecular weight excluding hydrogens is 326 g/mol. The van der Waals surface area contributed by atoms with Crippen LogP contribution in [0.1, 0.15) is 32.3 Å². The summed E-state index contributed by atoms with van der Waals surface area (Å²) in [4.78, 5) is 24.9. The maximum Gasteiger partial charge on any atom is 0.338 e. The van der Waals surface area contributed by atoms with Gasteiger partial charge in [-0.15, -0.1) is 0 Å². The summed E-state index contributed by atoms with van der Waals surface area (Å²) in [5.41, 5.74) is 0.634. The largest absolute Gasteiger partial charge is 0.508 e. The summed E-state index contributed by atoms with van der Waals surface area (Å²) in [6.45, 7) is 5.16. The molecule has 2 unspecified atom stereocenters. The second-order valence-corrected chi connectivity index (χ2v) is 5.46. The molecule has 2 rings (SSSR count). The van der Waals surface area contributed by atoms with Crippen LogP contribution >= 0.6 is 0 Å². The van der Waals surface area contributed by atoms with Crippen LogP contribution in [0.3, 0.4) is 0 Å². The van der Waals surface area contributed by atoms with E-state index in [2.05, 4.69) is 0 Å². The quantitative estimate of drug-likeness (QED) is 0.793. The highest BCUT2D eigenvalue weighted by atomic mass is 16.5. The van der Waals surface area contributed by atoms with Crippen molar-refractivity contribution in [3.8, 4) is 5.75 Å². The second-order valence-electron chi connectivity index (χ2n) is 5.46. The standard InChI is InChI=1S/C18H21NO6/c1-4-23-17(21)13-10(3)25-16(19)15(18(22)24-5-2)14(13)11-7-6-8-12(20)9-11/h6-9,14-15,19-20H,4-5H2,1-3H3. The van der Waals surface area contributed by atoms with Gasteiger partial charge in [0.05, 0.1) is 18.8 Å². The molecule has 1 aromatic carbocycles. The molecule has 25 heavy (non-hydrogen) atoms. The van der Waals surface area contributed by atoms with Gasteiger partial charge in [-0.25, -0.2) is 4.79 Å². The maximum atomic E-state index is 12.5.